The highest BCUT2D eigenvalue weighted by molar-refractivity contribution is 6.30. The van der Waals surface area contributed by atoms with Crippen molar-refractivity contribution in [3.63, 3.8) is 0 Å². The third-order valence-corrected chi connectivity index (χ3v) is 5.11. The Balaban J connectivity index is 2.05. The molecule has 186 valence electrons. The van der Waals surface area contributed by atoms with Crippen LogP contribution in [0.1, 0.15) is 12.5 Å². The van der Waals surface area contributed by atoms with Gasteiger partial charge in [0.15, 0.2) is 6.10 Å². The zero-order chi connectivity index (χ0) is 25.8. The quantitative estimate of drug-likeness (QED) is 0.507. The van der Waals surface area contributed by atoms with E-state index in [1.165, 1.54) is 31.3 Å². The van der Waals surface area contributed by atoms with Gasteiger partial charge in [-0.25, -0.2) is 19.1 Å². The van der Waals surface area contributed by atoms with E-state index in [0.717, 1.165) is 16.1 Å². The number of rotatable bonds is 7. The Kier molecular flexibility index (Phi) is 7.85. The normalized spacial score (nSPS) is 12.9. The topological polar surface area (TPSA) is 110 Å². The van der Waals surface area contributed by atoms with Gasteiger partial charge in [0, 0.05) is 12.1 Å². The molecule has 13 heteroatoms. The minimum atomic E-state index is -4.52. The van der Waals surface area contributed by atoms with Crippen molar-refractivity contribution in [1.82, 2.24) is 19.4 Å². The summed E-state index contributed by atoms with van der Waals surface area (Å²) in [5, 5.41) is 2.83. The summed E-state index contributed by atoms with van der Waals surface area (Å²) in [7, 11) is 1.37. The van der Waals surface area contributed by atoms with Gasteiger partial charge in [-0.1, -0.05) is 23.7 Å². The number of carbonyl (C=O) groups is 1. The molecule has 0 aliphatic rings. The number of aromatic amines is 1. The molecular formula is C22H21ClF3N5O4. The Morgan fingerprint density at radius 1 is 1.11 bits per heavy atom. The fourth-order valence-corrected chi connectivity index (χ4v) is 3.04. The van der Waals surface area contributed by atoms with Crippen LogP contribution in [0.25, 0.3) is 0 Å². The molecule has 3 aromatic rings. The summed E-state index contributed by atoms with van der Waals surface area (Å²) >= 11 is 5.92. The van der Waals surface area contributed by atoms with Crippen molar-refractivity contribution >= 4 is 23.2 Å². The molecule has 0 aliphatic heterocycles. The van der Waals surface area contributed by atoms with Crippen LogP contribution in [0.15, 0.2) is 63.1 Å². The minimum absolute atomic E-state index is 0.0103. The predicted octanol–water partition coefficient (Wildman–Crippen LogP) is 2.35. The van der Waals surface area contributed by atoms with Crippen LogP contribution in [0.3, 0.4) is 0 Å². The zero-order valence-corrected chi connectivity index (χ0v) is 19.4. The number of likely N-dealkylation sites (N-methyl/N-ethyl adjacent to an activating group) is 1. The molecule has 0 saturated heterocycles. The summed E-state index contributed by atoms with van der Waals surface area (Å²) < 4.78 is 44.9. The molecular weight excluding hydrogens is 491 g/mol. The number of hydrogen-bond donors (Lipinski definition) is 2. The fraction of sp³-hybridized carbons (Fsp3) is 0.273. The Morgan fingerprint density at radius 3 is 2.31 bits per heavy atom. The van der Waals surface area contributed by atoms with Crippen molar-refractivity contribution in [1.29, 1.82) is 0 Å². The second kappa shape index (κ2) is 10.6. The summed E-state index contributed by atoms with van der Waals surface area (Å²) in [5.41, 5.74) is -0.869. The number of H-pyrrole nitrogens is 1. The van der Waals surface area contributed by atoms with Gasteiger partial charge in [0.25, 0.3) is 0 Å². The Labute approximate surface area is 201 Å². The standard InChI is InChI=1S/C22H21ClF3N5O4/c1-13(22(24,25)26)35-17-9-7-16(8-10-17)28-19-29-20(33)31(12-18(32)27-2)21(34)30(19)11-14-3-5-15(23)6-4-14/h3-10,13H,11-12H2,1-2H3,(H,27,32)(H,28,29,33)/t13-/m1/s1. The lowest BCUT2D eigenvalue weighted by Gasteiger charge is -2.17. The molecule has 0 saturated carbocycles. The van der Waals surface area contributed by atoms with Gasteiger partial charge in [0.05, 0.1) is 12.2 Å². The third kappa shape index (κ3) is 6.63. The van der Waals surface area contributed by atoms with Crippen LogP contribution in [0.5, 0.6) is 5.75 Å². The summed E-state index contributed by atoms with van der Waals surface area (Å²) in [6.45, 7) is 0.370. The lowest BCUT2D eigenvalue weighted by atomic mass is 10.2. The minimum Gasteiger partial charge on any atom is -0.481 e. The van der Waals surface area contributed by atoms with Crippen molar-refractivity contribution in [2.75, 3.05) is 7.05 Å². The lowest BCUT2D eigenvalue weighted by Crippen LogP contribution is -2.51. The van der Waals surface area contributed by atoms with Crippen LogP contribution in [-0.4, -0.2) is 39.4 Å². The number of alkyl halides is 3. The molecule has 0 aliphatic carbocycles. The SMILES string of the molecule is CNC(=O)Cn1c(=O)[nH]/c(=N\c2ccc(O[C@H](C)C(F)(F)F)cc2)n(Cc2ccc(Cl)cc2)c1=O. The van der Waals surface area contributed by atoms with Crippen molar-refractivity contribution in [3.8, 4) is 5.75 Å². The van der Waals surface area contributed by atoms with Crippen LogP contribution in [-0.2, 0) is 17.9 Å². The number of hydrogen-bond acceptors (Lipinski definition) is 5. The van der Waals surface area contributed by atoms with E-state index in [1.807, 2.05) is 0 Å². The van der Waals surface area contributed by atoms with Crippen LogP contribution in [0.2, 0.25) is 5.02 Å². The number of ether oxygens (including phenoxy) is 1. The second-order valence-electron chi connectivity index (χ2n) is 7.42. The van der Waals surface area contributed by atoms with Crippen LogP contribution in [0, 0.1) is 0 Å². The summed E-state index contributed by atoms with van der Waals surface area (Å²) in [6.07, 6.45) is -6.52. The first kappa shape index (κ1) is 25.8. The Bertz CT molecular complexity index is 1380. The third-order valence-electron chi connectivity index (χ3n) is 4.86. The molecule has 0 bridgehead atoms. The maximum absolute atomic E-state index is 13.1. The smallest absolute Gasteiger partial charge is 0.425 e. The second-order valence-corrected chi connectivity index (χ2v) is 7.85. The number of nitrogens with zero attached hydrogens (tertiary/aromatic N) is 3. The number of carbonyl (C=O) groups excluding carboxylic acids is 1. The molecule has 0 spiro atoms. The molecule has 9 nitrogen and oxygen atoms in total. The molecule has 35 heavy (non-hydrogen) atoms. The van der Waals surface area contributed by atoms with Crippen molar-refractivity contribution in [3.05, 3.63) is 85.7 Å². The summed E-state index contributed by atoms with van der Waals surface area (Å²) in [6, 6.07) is 11.9. The highest BCUT2D eigenvalue weighted by Gasteiger charge is 2.38. The van der Waals surface area contributed by atoms with Crippen molar-refractivity contribution in [2.24, 2.45) is 4.99 Å². The molecule has 2 N–H and O–H groups in total. The van der Waals surface area contributed by atoms with E-state index in [0.29, 0.717) is 10.6 Å². The molecule has 3 rings (SSSR count). The van der Waals surface area contributed by atoms with Crippen molar-refractivity contribution < 1.29 is 22.7 Å². The fourth-order valence-electron chi connectivity index (χ4n) is 2.91. The molecule has 0 radical (unpaired) electrons. The van der Waals surface area contributed by atoms with Crippen LogP contribution in [0.4, 0.5) is 18.9 Å². The highest BCUT2D eigenvalue weighted by Crippen LogP contribution is 2.26. The van der Waals surface area contributed by atoms with E-state index in [1.54, 1.807) is 24.3 Å². The number of halogens is 4. The average Bonchev–Trinajstić information content (AvgIpc) is 2.80. The molecule has 1 heterocycles. The highest BCUT2D eigenvalue weighted by atomic mass is 35.5. The number of aromatic nitrogens is 3. The van der Waals surface area contributed by atoms with E-state index >= 15 is 0 Å². The van der Waals surface area contributed by atoms with Gasteiger partial charge in [0.1, 0.15) is 12.3 Å². The van der Waals surface area contributed by atoms with E-state index in [9.17, 15) is 27.6 Å². The Hall–Kier alpha value is -3.80. The first-order valence-electron chi connectivity index (χ1n) is 10.2. The monoisotopic (exact) mass is 511 g/mol. The number of benzene rings is 2. The summed E-state index contributed by atoms with van der Waals surface area (Å²) in [5.74, 6) is -0.582. The lowest BCUT2D eigenvalue weighted by molar-refractivity contribution is -0.189. The molecule has 1 amide bonds. The van der Waals surface area contributed by atoms with Gasteiger partial charge in [-0.2, -0.15) is 13.2 Å². The zero-order valence-electron chi connectivity index (χ0n) is 18.6. The summed E-state index contributed by atoms with van der Waals surface area (Å²) in [4.78, 5) is 44.2. The predicted molar refractivity (Wildman–Crippen MR) is 122 cm³/mol. The first-order chi connectivity index (χ1) is 16.5. The number of nitrogens with one attached hydrogen (secondary N) is 2. The van der Waals surface area contributed by atoms with E-state index in [2.05, 4.69) is 15.3 Å². The van der Waals surface area contributed by atoms with E-state index in [4.69, 9.17) is 16.3 Å². The van der Waals surface area contributed by atoms with Gasteiger partial charge in [-0.3, -0.25) is 14.3 Å². The van der Waals surface area contributed by atoms with Crippen LogP contribution < -0.4 is 27.1 Å². The molecule has 1 atom stereocenters. The molecule has 2 aromatic carbocycles. The molecule has 0 fully saturated rings. The molecule has 1 aromatic heterocycles. The molecule has 0 unspecified atom stereocenters. The largest absolute Gasteiger partial charge is 0.481 e. The van der Waals surface area contributed by atoms with Crippen LogP contribution >= 0.6 is 11.6 Å². The van der Waals surface area contributed by atoms with Gasteiger partial charge in [0.2, 0.25) is 11.5 Å². The van der Waals surface area contributed by atoms with Gasteiger partial charge in [-0.15, -0.1) is 0 Å². The van der Waals surface area contributed by atoms with Crippen molar-refractivity contribution in [2.45, 2.75) is 32.3 Å². The maximum atomic E-state index is 13.1. The number of amides is 1. The van der Waals surface area contributed by atoms with E-state index < -0.39 is 36.1 Å². The van der Waals surface area contributed by atoms with Gasteiger partial charge < -0.3 is 10.1 Å². The van der Waals surface area contributed by atoms with Gasteiger partial charge >= 0.3 is 17.6 Å². The average molecular weight is 512 g/mol. The Morgan fingerprint density at radius 2 is 1.74 bits per heavy atom. The van der Waals surface area contributed by atoms with Gasteiger partial charge in [-0.05, 0) is 48.9 Å². The first-order valence-corrected chi connectivity index (χ1v) is 10.6. The van der Waals surface area contributed by atoms with E-state index in [-0.39, 0.29) is 23.6 Å². The maximum Gasteiger partial charge on any atom is 0.425 e.